The van der Waals surface area contributed by atoms with E-state index in [1.807, 2.05) is 0 Å². The molecule has 3 N–H and O–H groups in total. The molecule has 0 unspecified atom stereocenters. The molecule has 0 heterocycles. The van der Waals surface area contributed by atoms with Crippen LogP contribution in [0.5, 0.6) is 11.5 Å². The van der Waals surface area contributed by atoms with Crippen LogP contribution < -0.4 is 10.5 Å². The smallest absolute Gasteiger partial charge is 0.314 e. The number of nitrogen functional groups attached to an aromatic ring is 1. The van der Waals surface area contributed by atoms with Crippen LogP contribution >= 0.6 is 15.9 Å². The van der Waals surface area contributed by atoms with Gasteiger partial charge in [-0.3, -0.25) is 15.5 Å². The lowest BCUT2D eigenvalue weighted by molar-refractivity contribution is -0.385. The maximum Gasteiger partial charge on any atom is 0.314 e. The Morgan fingerprint density at radius 2 is 2.10 bits per heavy atom. The van der Waals surface area contributed by atoms with Crippen molar-refractivity contribution in [2.45, 2.75) is 0 Å². The molecule has 2 aromatic carbocycles. The van der Waals surface area contributed by atoms with Crippen molar-refractivity contribution >= 4 is 27.5 Å². The number of ether oxygens (including phenoxy) is 1. The first kappa shape index (κ1) is 14.9. The predicted molar refractivity (Wildman–Crippen MR) is 78.3 cm³/mol. The van der Waals surface area contributed by atoms with Crippen LogP contribution in [0.1, 0.15) is 5.56 Å². The van der Waals surface area contributed by atoms with Crippen molar-refractivity contribution in [2.24, 2.45) is 5.73 Å². The van der Waals surface area contributed by atoms with Crippen molar-refractivity contribution in [1.82, 2.24) is 0 Å². The molecule has 0 saturated heterocycles. The number of rotatable bonds is 4. The summed E-state index contributed by atoms with van der Waals surface area (Å²) < 4.78 is 19.7. The Morgan fingerprint density at radius 3 is 2.71 bits per heavy atom. The Balaban J connectivity index is 2.53. The van der Waals surface area contributed by atoms with Crippen molar-refractivity contribution < 1.29 is 14.1 Å². The zero-order valence-corrected chi connectivity index (χ0v) is 12.1. The highest BCUT2D eigenvalue weighted by atomic mass is 79.9. The maximum absolute atomic E-state index is 13.8. The molecule has 0 atom stereocenters. The Morgan fingerprint density at radius 1 is 1.38 bits per heavy atom. The van der Waals surface area contributed by atoms with Gasteiger partial charge in [0.1, 0.15) is 11.6 Å². The van der Waals surface area contributed by atoms with Crippen molar-refractivity contribution in [3.8, 4) is 11.5 Å². The average molecular weight is 354 g/mol. The number of para-hydroxylation sites is 1. The van der Waals surface area contributed by atoms with E-state index in [1.165, 1.54) is 18.2 Å². The van der Waals surface area contributed by atoms with E-state index in [-0.39, 0.29) is 17.1 Å². The molecular formula is C13H9BrFN3O3. The van der Waals surface area contributed by atoms with Crippen LogP contribution in [0.25, 0.3) is 0 Å². The molecule has 0 saturated carbocycles. The van der Waals surface area contributed by atoms with E-state index < -0.39 is 22.2 Å². The summed E-state index contributed by atoms with van der Waals surface area (Å²) in [5.41, 5.74) is 5.12. The number of benzene rings is 2. The largest absolute Gasteiger partial charge is 0.446 e. The second-order valence-electron chi connectivity index (χ2n) is 4.00. The molecule has 21 heavy (non-hydrogen) atoms. The number of nitrogens with zero attached hydrogens (tertiary/aromatic N) is 1. The second-order valence-corrected chi connectivity index (χ2v) is 4.92. The minimum Gasteiger partial charge on any atom is -0.446 e. The summed E-state index contributed by atoms with van der Waals surface area (Å²) in [6.45, 7) is 0. The minimum atomic E-state index is -0.873. The molecule has 2 aromatic rings. The van der Waals surface area contributed by atoms with Gasteiger partial charge in [0.2, 0.25) is 5.75 Å². The van der Waals surface area contributed by atoms with Crippen LogP contribution in [0, 0.1) is 21.3 Å². The topological polar surface area (TPSA) is 102 Å². The standard InChI is InChI=1S/C13H9BrFN3O3/c14-7-4-5-11(8(6-7)13(16)17)21-12-9(15)2-1-3-10(12)18(19)20/h1-6H,(H3,16,17). The minimum absolute atomic E-state index is 0.0545. The zero-order chi connectivity index (χ0) is 15.6. The van der Waals surface area contributed by atoms with Crippen LogP contribution in [0.3, 0.4) is 0 Å². The number of hydrogen-bond acceptors (Lipinski definition) is 4. The van der Waals surface area contributed by atoms with Crippen molar-refractivity contribution in [3.63, 3.8) is 0 Å². The highest BCUT2D eigenvalue weighted by Gasteiger charge is 2.21. The summed E-state index contributed by atoms with van der Waals surface area (Å²) >= 11 is 3.21. The third-order valence-electron chi connectivity index (χ3n) is 2.59. The van der Waals surface area contributed by atoms with Gasteiger partial charge in [-0.1, -0.05) is 22.0 Å². The Labute approximate surface area is 127 Å². The second kappa shape index (κ2) is 5.88. The lowest BCUT2D eigenvalue weighted by atomic mass is 10.2. The Bertz CT molecular complexity index is 737. The van der Waals surface area contributed by atoms with E-state index in [0.29, 0.717) is 4.47 Å². The number of nitro benzene ring substituents is 1. The summed E-state index contributed by atoms with van der Waals surface area (Å²) in [5.74, 6) is -1.64. The van der Waals surface area contributed by atoms with Gasteiger partial charge in [-0.15, -0.1) is 0 Å². The molecule has 0 aliphatic carbocycles. The molecule has 2 rings (SSSR count). The molecule has 8 heteroatoms. The average Bonchev–Trinajstić information content (AvgIpc) is 2.42. The fraction of sp³-hybridized carbons (Fsp3) is 0. The molecule has 0 bridgehead atoms. The van der Waals surface area contributed by atoms with Crippen molar-refractivity contribution in [2.75, 3.05) is 0 Å². The van der Waals surface area contributed by atoms with Crippen LogP contribution in [0.15, 0.2) is 40.9 Å². The summed E-state index contributed by atoms with van der Waals surface area (Å²) in [4.78, 5) is 10.2. The van der Waals surface area contributed by atoms with Crippen molar-refractivity contribution in [3.05, 3.63) is 62.4 Å². The molecule has 0 radical (unpaired) electrons. The first-order chi connectivity index (χ1) is 9.90. The third-order valence-corrected chi connectivity index (χ3v) is 3.08. The monoisotopic (exact) mass is 353 g/mol. The summed E-state index contributed by atoms with van der Waals surface area (Å²) in [7, 11) is 0. The highest BCUT2D eigenvalue weighted by Crippen LogP contribution is 2.35. The molecule has 0 amide bonds. The van der Waals surface area contributed by atoms with Crippen molar-refractivity contribution in [1.29, 1.82) is 5.41 Å². The molecule has 0 aliphatic rings. The lowest BCUT2D eigenvalue weighted by Crippen LogP contribution is -2.12. The SMILES string of the molecule is N=C(N)c1cc(Br)ccc1Oc1c(F)cccc1[N+](=O)[O-]. The van der Waals surface area contributed by atoms with Crippen LogP contribution in [-0.4, -0.2) is 10.8 Å². The molecule has 0 fully saturated rings. The number of nitrogens with two attached hydrogens (primary N) is 1. The molecule has 0 aliphatic heterocycles. The lowest BCUT2D eigenvalue weighted by Gasteiger charge is -2.11. The molecular weight excluding hydrogens is 345 g/mol. The summed E-state index contributed by atoms with van der Waals surface area (Å²) in [6.07, 6.45) is 0. The van der Waals surface area contributed by atoms with Gasteiger partial charge in [0.05, 0.1) is 10.5 Å². The van der Waals surface area contributed by atoms with Gasteiger partial charge in [-0.05, 0) is 24.3 Å². The fourth-order valence-corrected chi connectivity index (χ4v) is 2.01. The van der Waals surface area contributed by atoms with Gasteiger partial charge >= 0.3 is 5.69 Å². The quantitative estimate of drug-likeness (QED) is 0.379. The van der Waals surface area contributed by atoms with Gasteiger partial charge in [0.25, 0.3) is 0 Å². The number of hydrogen-bond donors (Lipinski definition) is 2. The van der Waals surface area contributed by atoms with Gasteiger partial charge in [0, 0.05) is 10.5 Å². The molecule has 108 valence electrons. The van der Waals surface area contributed by atoms with E-state index in [1.54, 1.807) is 6.07 Å². The van der Waals surface area contributed by atoms with E-state index in [0.717, 1.165) is 12.1 Å². The predicted octanol–water partition coefficient (Wildman–Crippen LogP) is 3.57. The van der Waals surface area contributed by atoms with E-state index in [4.69, 9.17) is 15.9 Å². The molecule has 0 spiro atoms. The summed E-state index contributed by atoms with van der Waals surface area (Å²) in [6, 6.07) is 7.93. The maximum atomic E-state index is 13.8. The third kappa shape index (κ3) is 3.16. The Hall–Kier alpha value is -2.48. The zero-order valence-electron chi connectivity index (χ0n) is 10.5. The van der Waals surface area contributed by atoms with E-state index >= 15 is 0 Å². The van der Waals surface area contributed by atoms with Crippen LogP contribution in [0.2, 0.25) is 0 Å². The van der Waals surface area contributed by atoms with Gasteiger partial charge in [-0.25, -0.2) is 4.39 Å². The highest BCUT2D eigenvalue weighted by molar-refractivity contribution is 9.10. The van der Waals surface area contributed by atoms with Gasteiger partial charge in [-0.2, -0.15) is 0 Å². The number of nitro groups is 1. The molecule has 6 nitrogen and oxygen atoms in total. The van der Waals surface area contributed by atoms with Gasteiger partial charge in [0.15, 0.2) is 5.82 Å². The summed E-state index contributed by atoms with van der Waals surface area (Å²) in [5, 5.41) is 18.4. The number of amidine groups is 1. The normalized spacial score (nSPS) is 10.2. The van der Waals surface area contributed by atoms with E-state index in [2.05, 4.69) is 15.9 Å². The fourth-order valence-electron chi connectivity index (χ4n) is 1.65. The number of nitrogens with one attached hydrogen (secondary N) is 1. The van der Waals surface area contributed by atoms with E-state index in [9.17, 15) is 14.5 Å². The first-order valence-electron chi connectivity index (χ1n) is 5.65. The molecule has 0 aromatic heterocycles. The van der Waals surface area contributed by atoms with Crippen LogP contribution in [-0.2, 0) is 0 Å². The Kier molecular flexibility index (Phi) is 4.18. The first-order valence-corrected chi connectivity index (χ1v) is 6.44. The van der Waals surface area contributed by atoms with Crippen LogP contribution in [0.4, 0.5) is 10.1 Å². The van der Waals surface area contributed by atoms with Gasteiger partial charge < -0.3 is 10.5 Å². The number of halogens is 2.